The summed E-state index contributed by atoms with van der Waals surface area (Å²) in [6.07, 6.45) is 4.78. The lowest BCUT2D eigenvalue weighted by molar-refractivity contribution is 0.327. The van der Waals surface area contributed by atoms with Gasteiger partial charge in [-0.05, 0) is 19.4 Å². The van der Waals surface area contributed by atoms with E-state index in [0.717, 1.165) is 18.7 Å². The van der Waals surface area contributed by atoms with Crippen molar-refractivity contribution in [1.29, 1.82) is 0 Å². The Balaban J connectivity index is 1.79. The number of hydrogen-bond acceptors (Lipinski definition) is 6. The molecule has 0 aromatic carbocycles. The molecule has 1 aliphatic rings. The molecule has 2 aromatic rings. The molecule has 1 saturated heterocycles. The van der Waals surface area contributed by atoms with E-state index in [1.54, 1.807) is 5.51 Å². The lowest BCUT2D eigenvalue weighted by Gasteiger charge is -2.09. The summed E-state index contributed by atoms with van der Waals surface area (Å²) in [6, 6.07) is 0.206. The first-order valence-electron chi connectivity index (χ1n) is 5.89. The first-order chi connectivity index (χ1) is 8.43. The molecule has 0 radical (unpaired) electrons. The zero-order chi connectivity index (χ0) is 11.5. The van der Waals surface area contributed by atoms with E-state index >= 15 is 0 Å². The van der Waals surface area contributed by atoms with Crippen molar-refractivity contribution in [3.05, 3.63) is 16.8 Å². The molecule has 0 aliphatic carbocycles. The molecular formula is C11H14N4OS. The van der Waals surface area contributed by atoms with Gasteiger partial charge in [-0.15, -0.1) is 11.3 Å². The minimum atomic E-state index is 0.206. The molecule has 1 unspecified atom stereocenters. The van der Waals surface area contributed by atoms with Crippen LogP contribution in [0.1, 0.15) is 37.6 Å². The van der Waals surface area contributed by atoms with Gasteiger partial charge in [0.25, 0.3) is 0 Å². The SMILES string of the molecule is c1nc(-c2noc(C3CCCCCN3)n2)cs1. The third kappa shape index (κ3) is 2.37. The van der Waals surface area contributed by atoms with Crippen LogP contribution in [0.4, 0.5) is 0 Å². The zero-order valence-electron chi connectivity index (χ0n) is 9.43. The molecule has 1 fully saturated rings. The van der Waals surface area contributed by atoms with Crippen LogP contribution < -0.4 is 5.32 Å². The lowest BCUT2D eigenvalue weighted by Crippen LogP contribution is -2.20. The molecular weight excluding hydrogens is 236 g/mol. The van der Waals surface area contributed by atoms with Gasteiger partial charge in [-0.3, -0.25) is 0 Å². The van der Waals surface area contributed by atoms with Crippen molar-refractivity contribution in [2.24, 2.45) is 0 Å². The highest BCUT2D eigenvalue weighted by Crippen LogP contribution is 2.23. The van der Waals surface area contributed by atoms with Crippen LogP contribution in [0.2, 0.25) is 0 Å². The molecule has 0 saturated carbocycles. The summed E-state index contributed by atoms with van der Waals surface area (Å²) in [5, 5.41) is 9.35. The fraction of sp³-hybridized carbons (Fsp3) is 0.545. The average molecular weight is 250 g/mol. The number of nitrogens with zero attached hydrogens (tertiary/aromatic N) is 3. The quantitative estimate of drug-likeness (QED) is 0.886. The third-order valence-electron chi connectivity index (χ3n) is 2.96. The molecule has 0 spiro atoms. The molecule has 1 atom stereocenters. The molecule has 2 aromatic heterocycles. The van der Waals surface area contributed by atoms with Crippen LogP contribution in [-0.2, 0) is 0 Å². The van der Waals surface area contributed by atoms with Gasteiger partial charge in [-0.25, -0.2) is 4.98 Å². The minimum absolute atomic E-state index is 0.206. The van der Waals surface area contributed by atoms with Gasteiger partial charge in [0, 0.05) is 5.38 Å². The fourth-order valence-electron chi connectivity index (χ4n) is 2.04. The van der Waals surface area contributed by atoms with E-state index in [9.17, 15) is 0 Å². The third-order valence-corrected chi connectivity index (χ3v) is 3.55. The Labute approximate surface area is 103 Å². The summed E-state index contributed by atoms with van der Waals surface area (Å²) in [7, 11) is 0. The molecule has 3 rings (SSSR count). The van der Waals surface area contributed by atoms with E-state index in [1.165, 1.54) is 30.6 Å². The number of aromatic nitrogens is 3. The second-order valence-corrected chi connectivity index (χ2v) is 4.90. The lowest BCUT2D eigenvalue weighted by atomic mass is 10.1. The number of thiazole rings is 1. The van der Waals surface area contributed by atoms with Gasteiger partial charge in [-0.1, -0.05) is 18.0 Å². The fourth-order valence-corrected chi connectivity index (χ4v) is 2.57. The first-order valence-corrected chi connectivity index (χ1v) is 6.83. The summed E-state index contributed by atoms with van der Waals surface area (Å²) < 4.78 is 5.32. The van der Waals surface area contributed by atoms with E-state index in [2.05, 4.69) is 20.4 Å². The van der Waals surface area contributed by atoms with Crippen molar-refractivity contribution in [2.45, 2.75) is 31.7 Å². The maximum atomic E-state index is 5.32. The van der Waals surface area contributed by atoms with Gasteiger partial charge < -0.3 is 9.84 Å². The molecule has 1 aliphatic heterocycles. The average Bonchev–Trinajstić information content (AvgIpc) is 2.95. The summed E-state index contributed by atoms with van der Waals surface area (Å²) in [5.74, 6) is 1.28. The van der Waals surface area contributed by atoms with Crippen LogP contribution in [0.15, 0.2) is 15.4 Å². The van der Waals surface area contributed by atoms with Crippen molar-refractivity contribution in [3.63, 3.8) is 0 Å². The number of rotatable bonds is 2. The Hall–Kier alpha value is -1.27. The summed E-state index contributed by atoms with van der Waals surface area (Å²) in [4.78, 5) is 8.60. The van der Waals surface area contributed by atoms with Crippen molar-refractivity contribution in [1.82, 2.24) is 20.4 Å². The highest BCUT2D eigenvalue weighted by atomic mass is 32.1. The summed E-state index contributed by atoms with van der Waals surface area (Å²) in [5.41, 5.74) is 2.56. The maximum absolute atomic E-state index is 5.32. The van der Waals surface area contributed by atoms with Crippen molar-refractivity contribution >= 4 is 11.3 Å². The first kappa shape index (κ1) is 10.9. The van der Waals surface area contributed by atoms with Gasteiger partial charge in [-0.2, -0.15) is 4.98 Å². The topological polar surface area (TPSA) is 63.8 Å². The van der Waals surface area contributed by atoms with Gasteiger partial charge in [0.2, 0.25) is 11.7 Å². The molecule has 3 heterocycles. The summed E-state index contributed by atoms with van der Waals surface area (Å²) >= 11 is 1.53. The second kappa shape index (κ2) is 4.93. The van der Waals surface area contributed by atoms with Crippen LogP contribution in [0.3, 0.4) is 0 Å². The Kier molecular flexibility index (Phi) is 3.15. The van der Waals surface area contributed by atoms with Crippen LogP contribution >= 0.6 is 11.3 Å². The Morgan fingerprint density at radius 1 is 1.35 bits per heavy atom. The molecule has 0 bridgehead atoms. The number of nitrogens with one attached hydrogen (secondary N) is 1. The molecule has 90 valence electrons. The van der Waals surface area contributed by atoms with Crippen molar-refractivity contribution in [2.75, 3.05) is 6.54 Å². The van der Waals surface area contributed by atoms with Crippen LogP contribution in [-0.4, -0.2) is 21.7 Å². The molecule has 6 heteroatoms. The largest absolute Gasteiger partial charge is 0.337 e. The highest BCUT2D eigenvalue weighted by Gasteiger charge is 2.20. The molecule has 5 nitrogen and oxygen atoms in total. The van der Waals surface area contributed by atoms with E-state index in [0.29, 0.717) is 11.7 Å². The highest BCUT2D eigenvalue weighted by molar-refractivity contribution is 7.07. The van der Waals surface area contributed by atoms with Crippen molar-refractivity contribution in [3.8, 4) is 11.5 Å². The normalized spacial score (nSPS) is 21.3. The Bertz CT molecular complexity index is 460. The zero-order valence-corrected chi connectivity index (χ0v) is 10.2. The van der Waals surface area contributed by atoms with Crippen molar-refractivity contribution < 1.29 is 4.52 Å². The van der Waals surface area contributed by atoms with E-state index < -0.39 is 0 Å². The summed E-state index contributed by atoms with van der Waals surface area (Å²) in [6.45, 7) is 1.03. The molecule has 1 N–H and O–H groups in total. The molecule has 17 heavy (non-hydrogen) atoms. The van der Waals surface area contributed by atoms with Crippen LogP contribution in [0.5, 0.6) is 0 Å². The van der Waals surface area contributed by atoms with Crippen LogP contribution in [0.25, 0.3) is 11.5 Å². The maximum Gasteiger partial charge on any atom is 0.244 e. The van der Waals surface area contributed by atoms with Gasteiger partial charge >= 0.3 is 0 Å². The van der Waals surface area contributed by atoms with E-state index in [1.807, 2.05) is 5.38 Å². The molecule has 0 amide bonds. The number of hydrogen-bond donors (Lipinski definition) is 1. The predicted octanol–water partition coefficient (Wildman–Crippen LogP) is 2.40. The van der Waals surface area contributed by atoms with Gasteiger partial charge in [0.05, 0.1) is 11.6 Å². The van der Waals surface area contributed by atoms with E-state index in [-0.39, 0.29) is 6.04 Å². The smallest absolute Gasteiger partial charge is 0.244 e. The van der Waals surface area contributed by atoms with Crippen LogP contribution in [0, 0.1) is 0 Å². The minimum Gasteiger partial charge on any atom is -0.337 e. The second-order valence-electron chi connectivity index (χ2n) is 4.19. The standard InChI is InChI=1S/C11H14N4OS/c1-2-4-8(12-5-3-1)11-14-10(15-16-11)9-6-17-7-13-9/h6-8,12H,1-5H2. The van der Waals surface area contributed by atoms with Gasteiger partial charge in [0.15, 0.2) is 0 Å². The van der Waals surface area contributed by atoms with Gasteiger partial charge in [0.1, 0.15) is 5.69 Å². The Morgan fingerprint density at radius 3 is 3.24 bits per heavy atom. The Morgan fingerprint density at radius 2 is 2.35 bits per heavy atom. The predicted molar refractivity (Wildman–Crippen MR) is 64.6 cm³/mol. The monoisotopic (exact) mass is 250 g/mol. The van der Waals surface area contributed by atoms with E-state index in [4.69, 9.17) is 4.52 Å².